The maximum atomic E-state index is 12.0. The van der Waals surface area contributed by atoms with Crippen LogP contribution in [-0.4, -0.2) is 39.6 Å². The van der Waals surface area contributed by atoms with Gasteiger partial charge in [0.05, 0.1) is 19.3 Å². The second kappa shape index (κ2) is 4.79. The molecule has 0 aromatic heterocycles. The first kappa shape index (κ1) is 13.2. The molecule has 0 aromatic carbocycles. The van der Waals surface area contributed by atoms with Gasteiger partial charge in [0.1, 0.15) is 11.9 Å². The maximum absolute atomic E-state index is 12.0. The lowest BCUT2D eigenvalue weighted by Crippen LogP contribution is -2.24. The summed E-state index contributed by atoms with van der Waals surface area (Å²) in [7, 11) is -7.28. The van der Waals surface area contributed by atoms with Crippen LogP contribution >= 0.6 is 7.82 Å². The van der Waals surface area contributed by atoms with Gasteiger partial charge in [-0.05, 0) is 0 Å². The summed E-state index contributed by atoms with van der Waals surface area (Å²) in [6, 6.07) is 0. The molecule has 0 spiro atoms. The average Bonchev–Trinajstić information content (AvgIpc) is 2.57. The minimum absolute atomic E-state index is 0.169. The van der Waals surface area contributed by atoms with Crippen LogP contribution in [0.15, 0.2) is 12.7 Å². The molecule has 0 aromatic rings. The van der Waals surface area contributed by atoms with Crippen molar-refractivity contribution in [3.05, 3.63) is 12.7 Å². The number of rotatable bonds is 3. The first-order valence-corrected chi connectivity index (χ1v) is 8.07. The molecule has 0 amide bonds. The van der Waals surface area contributed by atoms with Gasteiger partial charge in [-0.3, -0.25) is 17.8 Å². The summed E-state index contributed by atoms with van der Waals surface area (Å²) in [6.45, 7) is 3.57. The smallest absolute Gasteiger partial charge is 0.287 e. The lowest BCUT2D eigenvalue weighted by molar-refractivity contribution is 0.0274. The second-order valence-corrected chi connectivity index (χ2v) is 6.94. The largest absolute Gasteiger partial charge is 0.475 e. The van der Waals surface area contributed by atoms with Crippen molar-refractivity contribution < 1.29 is 30.7 Å². The van der Waals surface area contributed by atoms with Crippen LogP contribution in [0, 0.1) is 0 Å². The Balaban J connectivity index is 1.98. The topological polar surface area (TPSA) is 88.1 Å². The normalized spacial score (nSPS) is 41.2. The molecule has 17 heavy (non-hydrogen) atoms. The highest BCUT2D eigenvalue weighted by Gasteiger charge is 2.41. The molecule has 2 saturated heterocycles. The van der Waals surface area contributed by atoms with E-state index in [0.717, 1.165) is 0 Å². The molecule has 0 radical (unpaired) electrons. The minimum atomic E-state index is -3.71. The Morgan fingerprint density at radius 3 is 2.82 bits per heavy atom. The molecule has 2 rings (SSSR count). The lowest BCUT2D eigenvalue weighted by Gasteiger charge is -2.28. The fourth-order valence-electron chi connectivity index (χ4n) is 1.49. The zero-order valence-corrected chi connectivity index (χ0v) is 10.7. The van der Waals surface area contributed by atoms with Crippen LogP contribution in [0.5, 0.6) is 0 Å². The Morgan fingerprint density at radius 2 is 2.24 bits per heavy atom. The van der Waals surface area contributed by atoms with Gasteiger partial charge in [0, 0.05) is 6.42 Å². The highest BCUT2D eigenvalue weighted by Crippen LogP contribution is 2.55. The van der Waals surface area contributed by atoms with E-state index < -0.39 is 30.1 Å². The molecular weight excluding hydrogens is 271 g/mol. The third kappa shape index (κ3) is 3.37. The zero-order valence-electron chi connectivity index (χ0n) is 8.98. The van der Waals surface area contributed by atoms with Crippen molar-refractivity contribution in [2.75, 3.05) is 19.0 Å². The van der Waals surface area contributed by atoms with Gasteiger partial charge in [0.2, 0.25) is 0 Å². The number of phosphoric acid groups is 1. The van der Waals surface area contributed by atoms with E-state index in [4.69, 9.17) is 13.6 Å². The van der Waals surface area contributed by atoms with Gasteiger partial charge in [-0.1, -0.05) is 6.08 Å². The van der Waals surface area contributed by atoms with E-state index in [0.29, 0.717) is 6.42 Å². The molecule has 0 N–H and O–H groups in total. The van der Waals surface area contributed by atoms with Gasteiger partial charge in [0.15, 0.2) is 0 Å². The van der Waals surface area contributed by atoms with Crippen LogP contribution < -0.4 is 0 Å². The van der Waals surface area contributed by atoms with Gasteiger partial charge < -0.3 is 0 Å². The molecule has 0 bridgehead atoms. The van der Waals surface area contributed by atoms with Crippen molar-refractivity contribution in [3.8, 4) is 0 Å². The van der Waals surface area contributed by atoms with Crippen LogP contribution in [0.4, 0.5) is 0 Å². The summed E-state index contributed by atoms with van der Waals surface area (Å²) in [5.74, 6) is -0.345. The van der Waals surface area contributed by atoms with Crippen molar-refractivity contribution in [1.29, 1.82) is 0 Å². The summed E-state index contributed by atoms with van der Waals surface area (Å²) in [6.07, 6.45) is 0.805. The molecule has 2 aliphatic heterocycles. The molecular formula is C8H13O7PS. The summed E-state index contributed by atoms with van der Waals surface area (Å²) >= 11 is 0. The fraction of sp³-hybridized carbons (Fsp3) is 0.750. The van der Waals surface area contributed by atoms with Crippen LogP contribution in [0.25, 0.3) is 0 Å². The standard InChI is InChI=1S/C8H13O7PS/c1-2-7-3-4-12-16(9,14-7)15-8-5-13-17(10,11)6-8/h2,7-8H,1,3-6H2. The lowest BCUT2D eigenvalue weighted by atomic mass is 10.3. The molecule has 2 aliphatic rings. The number of phosphoric ester groups is 1. The molecule has 9 heteroatoms. The monoisotopic (exact) mass is 284 g/mol. The highest BCUT2D eigenvalue weighted by atomic mass is 32.2. The molecule has 3 atom stereocenters. The second-order valence-electron chi connectivity index (χ2n) is 3.68. The van der Waals surface area contributed by atoms with E-state index >= 15 is 0 Å². The third-order valence-corrected chi connectivity index (χ3v) is 5.14. The third-order valence-electron chi connectivity index (χ3n) is 2.28. The van der Waals surface area contributed by atoms with Crippen molar-refractivity contribution in [2.24, 2.45) is 0 Å². The molecule has 98 valence electrons. The zero-order chi connectivity index (χ0) is 12.5. The molecule has 0 saturated carbocycles. The molecule has 2 heterocycles. The van der Waals surface area contributed by atoms with Gasteiger partial charge >= 0.3 is 7.82 Å². The molecule has 0 aliphatic carbocycles. The Morgan fingerprint density at radius 1 is 1.47 bits per heavy atom. The molecule has 2 fully saturated rings. The Labute approximate surface area is 99.4 Å². The van der Waals surface area contributed by atoms with Gasteiger partial charge in [-0.2, -0.15) is 8.42 Å². The average molecular weight is 284 g/mol. The molecule has 7 nitrogen and oxygen atoms in total. The summed E-state index contributed by atoms with van der Waals surface area (Å²) in [4.78, 5) is 0. The Kier molecular flexibility index (Phi) is 3.72. The van der Waals surface area contributed by atoms with E-state index in [2.05, 4.69) is 10.8 Å². The number of hydrogen-bond donors (Lipinski definition) is 0. The van der Waals surface area contributed by atoms with Crippen molar-refractivity contribution in [2.45, 2.75) is 18.6 Å². The molecule has 3 unspecified atom stereocenters. The van der Waals surface area contributed by atoms with Gasteiger partial charge in [-0.15, -0.1) is 6.58 Å². The fourth-order valence-corrected chi connectivity index (χ4v) is 4.19. The van der Waals surface area contributed by atoms with Crippen molar-refractivity contribution in [3.63, 3.8) is 0 Å². The quantitative estimate of drug-likeness (QED) is 0.431. The van der Waals surface area contributed by atoms with Crippen LogP contribution in [0.1, 0.15) is 6.42 Å². The van der Waals surface area contributed by atoms with E-state index in [1.807, 2.05) is 0 Å². The van der Waals surface area contributed by atoms with Crippen molar-refractivity contribution in [1.82, 2.24) is 0 Å². The van der Waals surface area contributed by atoms with Crippen LogP contribution in [-0.2, 0) is 32.4 Å². The van der Waals surface area contributed by atoms with E-state index in [-0.39, 0.29) is 19.0 Å². The SMILES string of the molecule is C=CC1CCOP(=O)(OC2COS(=O)(=O)C2)O1. The van der Waals surface area contributed by atoms with Crippen LogP contribution in [0.2, 0.25) is 0 Å². The van der Waals surface area contributed by atoms with Gasteiger partial charge in [-0.25, -0.2) is 4.57 Å². The predicted octanol–water partition coefficient (Wildman–Crippen LogP) is 0.831. The first-order valence-electron chi connectivity index (χ1n) is 5.03. The van der Waals surface area contributed by atoms with E-state index in [1.165, 1.54) is 6.08 Å². The van der Waals surface area contributed by atoms with E-state index in [1.54, 1.807) is 0 Å². The van der Waals surface area contributed by atoms with Crippen LogP contribution in [0.3, 0.4) is 0 Å². The summed E-state index contributed by atoms with van der Waals surface area (Å²) in [5, 5.41) is 0. The first-order chi connectivity index (χ1) is 7.92. The van der Waals surface area contributed by atoms with Gasteiger partial charge in [0.25, 0.3) is 10.1 Å². The Hall–Kier alpha value is -0.240. The van der Waals surface area contributed by atoms with Crippen molar-refractivity contribution >= 4 is 17.9 Å². The summed E-state index contributed by atoms with van der Waals surface area (Å²) < 4.78 is 53.6. The Bertz CT molecular complexity index is 445. The maximum Gasteiger partial charge on any atom is 0.475 e. The summed E-state index contributed by atoms with van der Waals surface area (Å²) in [5.41, 5.74) is 0. The highest BCUT2D eigenvalue weighted by molar-refractivity contribution is 7.87. The minimum Gasteiger partial charge on any atom is -0.287 e. The predicted molar refractivity (Wildman–Crippen MR) is 57.9 cm³/mol. The van der Waals surface area contributed by atoms with E-state index in [9.17, 15) is 13.0 Å². The number of hydrogen-bond acceptors (Lipinski definition) is 7.